The van der Waals surface area contributed by atoms with Gasteiger partial charge in [-0.05, 0) is 72.5 Å². The van der Waals surface area contributed by atoms with Crippen molar-refractivity contribution in [3.05, 3.63) is 168 Å². The number of ketones is 1. The van der Waals surface area contributed by atoms with E-state index in [4.69, 9.17) is 9.47 Å². The number of halogens is 6. The van der Waals surface area contributed by atoms with Crippen molar-refractivity contribution in [1.82, 2.24) is 39.0 Å². The zero-order valence-electron chi connectivity index (χ0n) is 34.0. The number of allylic oxidation sites excluding steroid dienone is 2. The van der Waals surface area contributed by atoms with Crippen molar-refractivity contribution in [2.45, 2.75) is 51.1 Å². The molecule has 0 N–H and O–H groups in total. The van der Waals surface area contributed by atoms with Gasteiger partial charge in [-0.3, -0.25) is 4.79 Å². The molecule has 0 fully saturated rings. The van der Waals surface area contributed by atoms with Crippen LogP contribution >= 0.6 is 0 Å². The lowest BCUT2D eigenvalue weighted by molar-refractivity contribution is -0.138. The minimum absolute atomic E-state index is 0.178. The molecule has 0 amide bonds. The maximum atomic E-state index is 15.1. The number of aromatic nitrogens is 8. The molecule has 324 valence electrons. The fraction of sp³-hybridized carbons (Fsp3) is 0.170. The van der Waals surface area contributed by atoms with Gasteiger partial charge in [0.15, 0.2) is 28.1 Å². The molecule has 4 aromatic heterocycles. The first-order valence-electron chi connectivity index (χ1n) is 19.9. The van der Waals surface area contributed by atoms with Gasteiger partial charge < -0.3 is 18.6 Å². The topological polar surface area (TPSA) is 123 Å². The van der Waals surface area contributed by atoms with Crippen molar-refractivity contribution in [3.63, 3.8) is 0 Å². The number of imidazole rings is 2. The van der Waals surface area contributed by atoms with Gasteiger partial charge in [-0.25, -0.2) is 19.9 Å². The lowest BCUT2D eigenvalue weighted by Gasteiger charge is -2.20. The molecule has 8 aromatic rings. The molecule has 0 saturated carbocycles. The van der Waals surface area contributed by atoms with Crippen LogP contribution in [-0.4, -0.2) is 44.8 Å². The predicted octanol–water partition coefficient (Wildman–Crippen LogP) is 11.5. The van der Waals surface area contributed by atoms with E-state index in [9.17, 15) is 26.3 Å². The minimum atomic E-state index is -4.70. The smallest absolute Gasteiger partial charge is 0.416 e. The molecule has 4 heterocycles. The van der Waals surface area contributed by atoms with Gasteiger partial charge in [0, 0.05) is 13.1 Å². The number of hydrogen-bond acceptors (Lipinski definition) is 9. The first kappa shape index (κ1) is 43.0. The van der Waals surface area contributed by atoms with E-state index in [1.165, 1.54) is 73.4 Å². The summed E-state index contributed by atoms with van der Waals surface area (Å²) in [6.45, 7) is 5.09. The molecule has 0 aliphatic heterocycles. The molecule has 11 nitrogen and oxygen atoms in total. The molecule has 0 spiro atoms. The molecule has 2 unspecified atom stereocenters. The van der Waals surface area contributed by atoms with E-state index in [0.717, 1.165) is 12.1 Å². The Morgan fingerprint density at radius 2 is 0.953 bits per heavy atom. The Balaban J connectivity index is 1.19. The molecule has 8 rings (SSSR count). The molecule has 0 bridgehead atoms. The summed E-state index contributed by atoms with van der Waals surface area (Å²) >= 11 is 0. The molecule has 4 aromatic carbocycles. The van der Waals surface area contributed by atoms with Crippen molar-refractivity contribution in [2.24, 2.45) is 0 Å². The van der Waals surface area contributed by atoms with Crippen LogP contribution in [-0.2, 0) is 30.2 Å². The molecular formula is C47H36F6N8O3. The highest BCUT2D eigenvalue weighted by Gasteiger charge is 2.34. The second-order valence-electron chi connectivity index (χ2n) is 14.4. The maximum absolute atomic E-state index is 15.1. The van der Waals surface area contributed by atoms with E-state index in [0.29, 0.717) is 58.0 Å². The lowest BCUT2D eigenvalue weighted by atomic mass is 9.82. The number of aryl methyl sites for hydroxylation is 2. The Kier molecular flexibility index (Phi) is 12.1. The summed E-state index contributed by atoms with van der Waals surface area (Å²) in [5.41, 5.74) is 0.458. The molecule has 64 heavy (non-hydrogen) atoms. The Morgan fingerprint density at radius 3 is 1.33 bits per heavy atom. The van der Waals surface area contributed by atoms with E-state index in [1.54, 1.807) is 61.2 Å². The Labute approximate surface area is 361 Å². The quantitative estimate of drug-likeness (QED) is 0.0982. The van der Waals surface area contributed by atoms with Crippen molar-refractivity contribution >= 4 is 40.3 Å². The first-order valence-corrected chi connectivity index (χ1v) is 19.9. The largest absolute Gasteiger partial charge is 0.437 e. The van der Waals surface area contributed by atoms with Crippen LogP contribution in [0.5, 0.6) is 23.3 Å². The Morgan fingerprint density at radius 1 is 0.562 bits per heavy atom. The summed E-state index contributed by atoms with van der Waals surface area (Å²) in [5.74, 6) is -2.04. The highest BCUT2D eigenvalue weighted by atomic mass is 19.4. The monoisotopic (exact) mass is 874 g/mol. The van der Waals surface area contributed by atoms with Gasteiger partial charge in [-0.1, -0.05) is 85.0 Å². The van der Waals surface area contributed by atoms with Crippen LogP contribution < -0.4 is 9.47 Å². The van der Waals surface area contributed by atoms with Crippen LogP contribution in [0.4, 0.5) is 26.3 Å². The van der Waals surface area contributed by atoms with E-state index in [1.807, 2.05) is 23.0 Å². The molecule has 0 saturated heterocycles. The fourth-order valence-corrected chi connectivity index (χ4v) is 7.17. The zero-order chi connectivity index (χ0) is 45.0. The van der Waals surface area contributed by atoms with Crippen molar-refractivity contribution in [3.8, 4) is 23.3 Å². The summed E-state index contributed by atoms with van der Waals surface area (Å²) in [4.78, 5) is 40.9. The molecule has 17 heteroatoms. The van der Waals surface area contributed by atoms with Gasteiger partial charge >= 0.3 is 12.4 Å². The standard InChI is InChI=1S/C47H36F6N8O3/c1-3-60-27-58-39-42(60)54-25-56-44(39)63-33-19-13-29(14-20-33)35(23-17-31-9-5-7-11-37(31)46(48,49)50)41(62)36(24-18-32-10-6-8-12-38(32)47(51,52)53)30-15-21-34(22-16-30)64-45-40-43(55-26-57-45)61(4-2)28-59-40/h5-28,35-36H,3-4H2,1-2H3/b23-17+,24-18+. The number of carbonyl (C=O) groups is 1. The van der Waals surface area contributed by atoms with Gasteiger partial charge in [0.25, 0.3) is 11.8 Å². The van der Waals surface area contributed by atoms with Crippen LogP contribution in [0.2, 0.25) is 0 Å². The average molecular weight is 875 g/mol. The van der Waals surface area contributed by atoms with Crippen LogP contribution in [0.1, 0.15) is 59.1 Å². The second-order valence-corrected chi connectivity index (χ2v) is 14.4. The molecule has 0 radical (unpaired) electrons. The zero-order valence-corrected chi connectivity index (χ0v) is 34.0. The number of alkyl halides is 6. The van der Waals surface area contributed by atoms with Crippen LogP contribution in [0.15, 0.2) is 135 Å². The van der Waals surface area contributed by atoms with Crippen LogP contribution in [0, 0.1) is 0 Å². The number of hydrogen-bond donors (Lipinski definition) is 0. The van der Waals surface area contributed by atoms with E-state index in [-0.39, 0.29) is 22.9 Å². The average Bonchev–Trinajstić information content (AvgIpc) is 3.92. The van der Waals surface area contributed by atoms with E-state index >= 15 is 4.79 Å². The SMILES string of the molecule is CCn1cnc2c(Oc3ccc(C(/C=C/c4ccccc4C(F)(F)F)C(=O)C(/C=C/c4ccccc4C(F)(F)F)c4ccc(Oc5ncnc6c5ncn6CC)cc4)cc3)ncnc21. The van der Waals surface area contributed by atoms with Gasteiger partial charge in [0.2, 0.25) is 0 Å². The van der Waals surface area contributed by atoms with Crippen molar-refractivity contribution < 1.29 is 40.6 Å². The van der Waals surface area contributed by atoms with Gasteiger partial charge in [-0.15, -0.1) is 0 Å². The normalized spacial score (nSPS) is 13.2. The van der Waals surface area contributed by atoms with Crippen molar-refractivity contribution in [1.29, 1.82) is 0 Å². The van der Waals surface area contributed by atoms with E-state index < -0.39 is 41.1 Å². The highest BCUT2D eigenvalue weighted by Crippen LogP contribution is 2.38. The highest BCUT2D eigenvalue weighted by molar-refractivity contribution is 5.96. The number of rotatable bonds is 14. The number of ether oxygens (including phenoxy) is 2. The summed E-state index contributed by atoms with van der Waals surface area (Å²) < 4.78 is 101. The fourth-order valence-electron chi connectivity index (χ4n) is 7.17. The summed E-state index contributed by atoms with van der Waals surface area (Å²) in [6, 6.07) is 22.5. The van der Waals surface area contributed by atoms with Gasteiger partial charge in [0.1, 0.15) is 24.2 Å². The maximum Gasteiger partial charge on any atom is 0.416 e. The van der Waals surface area contributed by atoms with Crippen LogP contribution in [0.25, 0.3) is 34.5 Å². The Bertz CT molecular complexity index is 2790. The number of Topliss-reactive ketones (excluding diaryl/α,β-unsaturated/α-hetero) is 1. The number of nitrogens with zero attached hydrogens (tertiary/aromatic N) is 8. The third-order valence-electron chi connectivity index (χ3n) is 10.4. The summed E-state index contributed by atoms with van der Waals surface area (Å²) in [7, 11) is 0. The molecule has 2 atom stereocenters. The Hall–Kier alpha value is -7.69. The second kappa shape index (κ2) is 18.0. The number of fused-ring (bicyclic) bond motifs is 2. The lowest BCUT2D eigenvalue weighted by Crippen LogP contribution is -2.19. The third kappa shape index (κ3) is 9.09. The van der Waals surface area contributed by atoms with E-state index in [2.05, 4.69) is 29.9 Å². The van der Waals surface area contributed by atoms with Gasteiger partial charge in [-0.2, -0.15) is 36.3 Å². The molecule has 0 aliphatic carbocycles. The first-order chi connectivity index (χ1) is 30.8. The van der Waals surface area contributed by atoms with Crippen molar-refractivity contribution in [2.75, 3.05) is 0 Å². The number of benzene rings is 4. The summed E-state index contributed by atoms with van der Waals surface area (Å²) in [5, 5.41) is 0. The predicted molar refractivity (Wildman–Crippen MR) is 226 cm³/mol. The summed E-state index contributed by atoms with van der Waals surface area (Å²) in [6.07, 6.45) is 1.65. The third-order valence-corrected chi connectivity index (χ3v) is 10.4. The van der Waals surface area contributed by atoms with Crippen LogP contribution in [0.3, 0.4) is 0 Å². The number of carbonyl (C=O) groups excluding carboxylic acids is 1. The minimum Gasteiger partial charge on any atom is -0.437 e. The molecule has 0 aliphatic rings. The van der Waals surface area contributed by atoms with Gasteiger partial charge in [0.05, 0.1) is 35.6 Å². The molecular weight excluding hydrogens is 839 g/mol.